The summed E-state index contributed by atoms with van der Waals surface area (Å²) in [5.41, 5.74) is -0.525. The van der Waals surface area contributed by atoms with E-state index in [-0.39, 0.29) is 5.75 Å². The number of aryl methyl sites for hydroxylation is 1. The van der Waals surface area contributed by atoms with Gasteiger partial charge in [-0.05, 0) is 12.1 Å². The lowest BCUT2D eigenvalue weighted by Gasteiger charge is -2.07. The van der Waals surface area contributed by atoms with Crippen molar-refractivity contribution in [1.29, 1.82) is 0 Å². The van der Waals surface area contributed by atoms with Gasteiger partial charge in [0.25, 0.3) is 5.56 Å². The molecule has 0 saturated heterocycles. The lowest BCUT2D eigenvalue weighted by Crippen LogP contribution is -2.18. The molecule has 2 rings (SSSR count). The quantitative estimate of drug-likeness (QED) is 0.802. The summed E-state index contributed by atoms with van der Waals surface area (Å²) in [7, 11) is 1.46. The van der Waals surface area contributed by atoms with Crippen LogP contribution in [0.1, 0.15) is 0 Å². The lowest BCUT2D eigenvalue weighted by atomic mass is 10.3. The maximum absolute atomic E-state index is 13.3. The van der Waals surface area contributed by atoms with Crippen LogP contribution in [0.5, 0.6) is 11.5 Å². The molecule has 17 heavy (non-hydrogen) atoms. The van der Waals surface area contributed by atoms with E-state index in [1.54, 1.807) is 0 Å². The molecule has 0 unspecified atom stereocenters. The monoisotopic (exact) mass is 238 g/mol. The fourth-order valence-electron chi connectivity index (χ4n) is 1.24. The Morgan fingerprint density at radius 1 is 1.29 bits per heavy atom. The Morgan fingerprint density at radius 3 is 2.59 bits per heavy atom. The zero-order valence-corrected chi connectivity index (χ0v) is 8.85. The average Bonchev–Trinajstić information content (AvgIpc) is 2.29. The molecule has 1 heterocycles. The summed E-state index contributed by atoms with van der Waals surface area (Å²) in [4.78, 5) is 15.2. The molecule has 0 radical (unpaired) electrons. The Hall–Kier alpha value is -2.24. The van der Waals surface area contributed by atoms with Gasteiger partial charge in [-0.25, -0.2) is 13.8 Å². The number of para-hydroxylation sites is 1. The number of benzene rings is 1. The van der Waals surface area contributed by atoms with Gasteiger partial charge in [0.1, 0.15) is 0 Å². The van der Waals surface area contributed by atoms with Crippen LogP contribution in [0.25, 0.3) is 0 Å². The third-order valence-electron chi connectivity index (χ3n) is 2.09. The van der Waals surface area contributed by atoms with Crippen molar-refractivity contribution in [1.82, 2.24) is 9.55 Å². The summed E-state index contributed by atoms with van der Waals surface area (Å²) < 4.78 is 32.6. The van der Waals surface area contributed by atoms with Gasteiger partial charge in [0.15, 0.2) is 17.4 Å². The molecule has 0 saturated carbocycles. The number of nitrogens with zero attached hydrogens (tertiary/aromatic N) is 2. The number of hydrogen-bond acceptors (Lipinski definition) is 3. The molecule has 0 atom stereocenters. The van der Waals surface area contributed by atoms with E-state index >= 15 is 0 Å². The van der Waals surface area contributed by atoms with Gasteiger partial charge in [0, 0.05) is 7.05 Å². The second kappa shape index (κ2) is 4.32. The van der Waals surface area contributed by atoms with E-state index in [9.17, 15) is 13.6 Å². The molecule has 88 valence electrons. The van der Waals surface area contributed by atoms with Crippen LogP contribution in [-0.4, -0.2) is 9.55 Å². The van der Waals surface area contributed by atoms with Gasteiger partial charge in [0.05, 0.1) is 12.5 Å². The van der Waals surface area contributed by atoms with E-state index in [2.05, 4.69) is 4.98 Å². The maximum atomic E-state index is 13.3. The number of aromatic nitrogens is 2. The molecule has 0 amide bonds. The summed E-state index contributed by atoms with van der Waals surface area (Å²) in [5.74, 6) is -2.61. The van der Waals surface area contributed by atoms with Crippen LogP contribution in [0, 0.1) is 11.6 Å². The number of ether oxygens (including phenoxy) is 1. The zero-order valence-electron chi connectivity index (χ0n) is 8.85. The summed E-state index contributed by atoms with van der Waals surface area (Å²) in [6, 6.07) is 3.29. The molecule has 1 aromatic heterocycles. The molecule has 0 aliphatic rings. The predicted molar refractivity (Wildman–Crippen MR) is 55.9 cm³/mol. The Labute approximate surface area is 95.1 Å². The van der Waals surface area contributed by atoms with Crippen molar-refractivity contribution in [2.75, 3.05) is 0 Å². The zero-order chi connectivity index (χ0) is 12.4. The molecule has 4 nitrogen and oxygen atoms in total. The summed E-state index contributed by atoms with van der Waals surface area (Å²) >= 11 is 0. The fraction of sp³-hybridized carbons (Fsp3) is 0.0909. The second-order valence-electron chi connectivity index (χ2n) is 3.33. The van der Waals surface area contributed by atoms with E-state index in [1.807, 2.05) is 0 Å². The van der Waals surface area contributed by atoms with Crippen molar-refractivity contribution < 1.29 is 13.5 Å². The predicted octanol–water partition coefficient (Wildman–Crippen LogP) is 1.85. The van der Waals surface area contributed by atoms with Gasteiger partial charge in [-0.3, -0.25) is 9.36 Å². The van der Waals surface area contributed by atoms with Gasteiger partial charge in [0.2, 0.25) is 5.75 Å². The lowest BCUT2D eigenvalue weighted by molar-refractivity contribution is 0.398. The summed E-state index contributed by atoms with van der Waals surface area (Å²) in [5, 5.41) is 0. The number of halogens is 2. The summed E-state index contributed by atoms with van der Waals surface area (Å²) in [6.45, 7) is 0. The van der Waals surface area contributed by atoms with E-state index in [0.29, 0.717) is 0 Å². The van der Waals surface area contributed by atoms with Crippen LogP contribution in [-0.2, 0) is 7.05 Å². The first-order valence-corrected chi connectivity index (χ1v) is 4.72. The first-order valence-electron chi connectivity index (χ1n) is 4.72. The van der Waals surface area contributed by atoms with E-state index in [0.717, 1.165) is 22.9 Å². The van der Waals surface area contributed by atoms with Crippen molar-refractivity contribution in [2.24, 2.45) is 7.05 Å². The van der Waals surface area contributed by atoms with E-state index in [4.69, 9.17) is 4.74 Å². The Balaban J connectivity index is 2.45. The SMILES string of the molecule is Cn1cncc(Oc2c(F)cccc2F)c1=O. The Morgan fingerprint density at radius 2 is 1.94 bits per heavy atom. The van der Waals surface area contributed by atoms with Crippen LogP contribution in [0.3, 0.4) is 0 Å². The van der Waals surface area contributed by atoms with Crippen molar-refractivity contribution in [2.45, 2.75) is 0 Å². The molecule has 0 spiro atoms. The van der Waals surface area contributed by atoms with Gasteiger partial charge < -0.3 is 4.74 Å². The first kappa shape index (κ1) is 11.3. The van der Waals surface area contributed by atoms with Crippen LogP contribution in [0.15, 0.2) is 35.5 Å². The minimum absolute atomic E-state index is 0.237. The molecule has 0 bridgehead atoms. The van der Waals surface area contributed by atoms with Crippen molar-refractivity contribution >= 4 is 0 Å². The third-order valence-corrected chi connectivity index (χ3v) is 2.09. The first-order chi connectivity index (χ1) is 8.09. The average molecular weight is 238 g/mol. The van der Waals surface area contributed by atoms with Gasteiger partial charge in [-0.2, -0.15) is 0 Å². The highest BCUT2D eigenvalue weighted by molar-refractivity contribution is 5.30. The largest absolute Gasteiger partial charge is 0.444 e. The maximum Gasteiger partial charge on any atom is 0.296 e. The molecule has 0 fully saturated rings. The van der Waals surface area contributed by atoms with Crippen LogP contribution >= 0.6 is 0 Å². The smallest absolute Gasteiger partial charge is 0.296 e. The molecule has 0 N–H and O–H groups in total. The highest BCUT2D eigenvalue weighted by Gasteiger charge is 2.13. The van der Waals surface area contributed by atoms with Gasteiger partial charge >= 0.3 is 0 Å². The van der Waals surface area contributed by atoms with Crippen molar-refractivity contribution in [3.63, 3.8) is 0 Å². The van der Waals surface area contributed by atoms with Crippen LogP contribution in [0.4, 0.5) is 8.78 Å². The van der Waals surface area contributed by atoms with Crippen LogP contribution < -0.4 is 10.3 Å². The highest BCUT2D eigenvalue weighted by atomic mass is 19.1. The van der Waals surface area contributed by atoms with Gasteiger partial charge in [-0.15, -0.1) is 0 Å². The minimum Gasteiger partial charge on any atom is -0.444 e. The third kappa shape index (κ3) is 2.15. The number of rotatable bonds is 2. The molecule has 1 aromatic carbocycles. The van der Waals surface area contributed by atoms with Crippen molar-refractivity contribution in [3.05, 3.63) is 52.7 Å². The van der Waals surface area contributed by atoms with E-state index < -0.39 is 22.9 Å². The molecule has 2 aromatic rings. The standard InChI is InChI=1S/C11H8F2N2O2/c1-15-6-14-5-9(11(15)16)17-10-7(12)3-2-4-8(10)13/h2-6H,1H3. The Bertz CT molecular complexity index is 590. The minimum atomic E-state index is -0.879. The molecule has 0 aliphatic heterocycles. The van der Waals surface area contributed by atoms with Gasteiger partial charge in [-0.1, -0.05) is 6.07 Å². The second-order valence-corrected chi connectivity index (χ2v) is 3.33. The number of hydrogen-bond donors (Lipinski definition) is 0. The highest BCUT2D eigenvalue weighted by Crippen LogP contribution is 2.24. The topological polar surface area (TPSA) is 44.1 Å². The fourth-order valence-corrected chi connectivity index (χ4v) is 1.24. The summed E-state index contributed by atoms with van der Waals surface area (Å²) in [6.07, 6.45) is 2.38. The van der Waals surface area contributed by atoms with Crippen LogP contribution in [0.2, 0.25) is 0 Å². The van der Waals surface area contributed by atoms with Crippen molar-refractivity contribution in [3.8, 4) is 11.5 Å². The molecular weight excluding hydrogens is 230 g/mol. The molecule has 0 aliphatic carbocycles. The normalized spacial score (nSPS) is 10.3. The molecular formula is C11H8F2N2O2. The molecule has 6 heteroatoms. The van der Waals surface area contributed by atoms with E-state index in [1.165, 1.54) is 19.4 Å². The Kier molecular flexibility index (Phi) is 2.86.